The van der Waals surface area contributed by atoms with Crippen LogP contribution in [0.3, 0.4) is 0 Å². The summed E-state index contributed by atoms with van der Waals surface area (Å²) in [6, 6.07) is 10.7. The Balaban J connectivity index is 1.88. The van der Waals surface area contributed by atoms with Gasteiger partial charge in [-0.15, -0.1) is 0 Å². The molecular formula is C19H23N3O4. The molecule has 0 aliphatic rings. The summed E-state index contributed by atoms with van der Waals surface area (Å²) in [5, 5.41) is 5.52. The molecular weight excluding hydrogens is 334 g/mol. The molecule has 1 aromatic carbocycles. The van der Waals surface area contributed by atoms with Crippen LogP contribution < -0.4 is 15.4 Å². The molecule has 0 aliphatic heterocycles. The first-order valence-corrected chi connectivity index (χ1v) is 8.28. The third-order valence-electron chi connectivity index (χ3n) is 3.68. The van der Waals surface area contributed by atoms with Gasteiger partial charge in [0.15, 0.2) is 0 Å². The minimum atomic E-state index is -0.340. The summed E-state index contributed by atoms with van der Waals surface area (Å²) in [5.41, 5.74) is 1.65. The van der Waals surface area contributed by atoms with Crippen molar-refractivity contribution in [3.63, 3.8) is 0 Å². The van der Waals surface area contributed by atoms with Gasteiger partial charge in [0.2, 0.25) is 0 Å². The van der Waals surface area contributed by atoms with Crippen LogP contribution in [0.15, 0.2) is 42.6 Å². The Labute approximate surface area is 152 Å². The largest absolute Gasteiger partial charge is 0.497 e. The minimum Gasteiger partial charge on any atom is -0.497 e. The molecule has 0 spiro atoms. The van der Waals surface area contributed by atoms with Crippen LogP contribution in [-0.4, -0.2) is 50.7 Å². The van der Waals surface area contributed by atoms with Gasteiger partial charge in [0, 0.05) is 32.0 Å². The van der Waals surface area contributed by atoms with Crippen molar-refractivity contribution in [1.82, 2.24) is 15.6 Å². The highest BCUT2D eigenvalue weighted by Crippen LogP contribution is 2.12. The summed E-state index contributed by atoms with van der Waals surface area (Å²) in [4.78, 5) is 28.3. The number of methoxy groups -OCH3 is 2. The molecule has 2 aromatic rings. The predicted molar refractivity (Wildman–Crippen MR) is 97.5 cm³/mol. The predicted octanol–water partition coefficient (Wildman–Crippen LogP) is 1.44. The molecule has 0 aliphatic carbocycles. The fraction of sp³-hybridized carbons (Fsp3) is 0.316. The van der Waals surface area contributed by atoms with Crippen LogP contribution in [0.25, 0.3) is 0 Å². The fourth-order valence-corrected chi connectivity index (χ4v) is 2.30. The number of carbonyl (C=O) groups is 2. The van der Waals surface area contributed by atoms with Gasteiger partial charge in [-0.1, -0.05) is 12.1 Å². The maximum Gasteiger partial charge on any atom is 0.269 e. The van der Waals surface area contributed by atoms with Gasteiger partial charge >= 0.3 is 0 Å². The van der Waals surface area contributed by atoms with E-state index in [1.807, 2.05) is 24.3 Å². The Kier molecular flexibility index (Phi) is 7.57. The minimum absolute atomic E-state index is 0.196. The number of hydrogen-bond acceptors (Lipinski definition) is 5. The molecule has 2 N–H and O–H groups in total. The van der Waals surface area contributed by atoms with E-state index in [1.54, 1.807) is 20.3 Å². The van der Waals surface area contributed by atoms with Crippen molar-refractivity contribution in [2.75, 3.05) is 33.9 Å². The lowest BCUT2D eigenvalue weighted by molar-refractivity contribution is 0.0932. The highest BCUT2D eigenvalue weighted by molar-refractivity contribution is 5.98. The number of nitrogens with zero attached hydrogens (tertiary/aromatic N) is 1. The summed E-state index contributed by atoms with van der Waals surface area (Å²) in [6.45, 7) is 1.27. The summed E-state index contributed by atoms with van der Waals surface area (Å²) >= 11 is 0. The quantitative estimate of drug-likeness (QED) is 0.663. The number of carbonyl (C=O) groups excluding carboxylic acids is 2. The van der Waals surface area contributed by atoms with Crippen LogP contribution in [0, 0.1) is 0 Å². The first-order chi connectivity index (χ1) is 12.6. The standard InChI is InChI=1S/C19H23N3O4/c1-25-11-10-22-19(24)17-13-15(7-9-20-17)18(23)21-8-6-14-4-3-5-16(12-14)26-2/h3-5,7,9,12-13H,6,8,10-11H2,1-2H3,(H,21,23)(H,22,24). The maximum absolute atomic E-state index is 12.3. The average molecular weight is 357 g/mol. The Morgan fingerprint density at radius 2 is 1.85 bits per heavy atom. The molecule has 2 rings (SSSR count). The molecule has 0 bridgehead atoms. The summed E-state index contributed by atoms with van der Waals surface area (Å²) in [6.07, 6.45) is 2.13. The Morgan fingerprint density at radius 1 is 1.04 bits per heavy atom. The van der Waals surface area contributed by atoms with E-state index in [4.69, 9.17) is 9.47 Å². The van der Waals surface area contributed by atoms with E-state index in [9.17, 15) is 9.59 Å². The van der Waals surface area contributed by atoms with E-state index < -0.39 is 0 Å². The third-order valence-corrected chi connectivity index (χ3v) is 3.68. The molecule has 1 aromatic heterocycles. The number of nitrogens with one attached hydrogen (secondary N) is 2. The highest BCUT2D eigenvalue weighted by atomic mass is 16.5. The van der Waals surface area contributed by atoms with E-state index in [2.05, 4.69) is 15.6 Å². The molecule has 0 fully saturated rings. The number of ether oxygens (including phenoxy) is 2. The highest BCUT2D eigenvalue weighted by Gasteiger charge is 2.11. The van der Waals surface area contributed by atoms with Gasteiger partial charge in [0.1, 0.15) is 11.4 Å². The van der Waals surface area contributed by atoms with Crippen molar-refractivity contribution in [2.24, 2.45) is 0 Å². The maximum atomic E-state index is 12.3. The first kappa shape index (κ1) is 19.4. The molecule has 0 saturated carbocycles. The normalized spacial score (nSPS) is 10.2. The van der Waals surface area contributed by atoms with Crippen molar-refractivity contribution in [3.8, 4) is 5.75 Å². The molecule has 26 heavy (non-hydrogen) atoms. The lowest BCUT2D eigenvalue weighted by atomic mass is 10.1. The molecule has 1 heterocycles. The Hall–Kier alpha value is -2.93. The second-order valence-corrected chi connectivity index (χ2v) is 5.54. The van der Waals surface area contributed by atoms with Crippen LogP contribution >= 0.6 is 0 Å². The second kappa shape index (κ2) is 10.1. The lowest BCUT2D eigenvalue weighted by Crippen LogP contribution is -2.29. The van der Waals surface area contributed by atoms with Crippen molar-refractivity contribution in [3.05, 3.63) is 59.4 Å². The van der Waals surface area contributed by atoms with Gasteiger partial charge in [-0.05, 0) is 36.2 Å². The number of aromatic nitrogens is 1. The zero-order valence-corrected chi connectivity index (χ0v) is 15.0. The van der Waals surface area contributed by atoms with E-state index in [-0.39, 0.29) is 17.5 Å². The molecule has 2 amide bonds. The van der Waals surface area contributed by atoms with Crippen LogP contribution in [0.4, 0.5) is 0 Å². The zero-order valence-electron chi connectivity index (χ0n) is 15.0. The third kappa shape index (κ3) is 5.86. The van der Waals surface area contributed by atoms with E-state index >= 15 is 0 Å². The monoisotopic (exact) mass is 357 g/mol. The fourth-order valence-electron chi connectivity index (χ4n) is 2.30. The molecule has 7 nitrogen and oxygen atoms in total. The SMILES string of the molecule is COCCNC(=O)c1cc(C(=O)NCCc2cccc(OC)c2)ccn1. The van der Waals surface area contributed by atoms with E-state index in [0.29, 0.717) is 31.7 Å². The van der Waals surface area contributed by atoms with Crippen molar-refractivity contribution in [1.29, 1.82) is 0 Å². The van der Waals surface area contributed by atoms with Gasteiger partial charge in [-0.25, -0.2) is 0 Å². The molecule has 7 heteroatoms. The molecule has 138 valence electrons. The van der Waals surface area contributed by atoms with Gasteiger partial charge in [0.05, 0.1) is 13.7 Å². The molecule has 0 radical (unpaired) electrons. The second-order valence-electron chi connectivity index (χ2n) is 5.54. The Bertz CT molecular complexity index is 749. The van der Waals surface area contributed by atoms with Crippen LogP contribution in [0.2, 0.25) is 0 Å². The van der Waals surface area contributed by atoms with Gasteiger partial charge in [-0.2, -0.15) is 0 Å². The Morgan fingerprint density at radius 3 is 2.62 bits per heavy atom. The number of rotatable bonds is 9. The van der Waals surface area contributed by atoms with Crippen molar-refractivity contribution in [2.45, 2.75) is 6.42 Å². The molecule has 0 atom stereocenters. The van der Waals surface area contributed by atoms with Crippen LogP contribution in [-0.2, 0) is 11.2 Å². The van der Waals surface area contributed by atoms with Crippen LogP contribution in [0.5, 0.6) is 5.75 Å². The molecule has 0 saturated heterocycles. The summed E-state index contributed by atoms with van der Waals surface area (Å²) in [5.74, 6) is 0.196. The summed E-state index contributed by atoms with van der Waals surface area (Å²) in [7, 11) is 3.17. The van der Waals surface area contributed by atoms with E-state index in [0.717, 1.165) is 11.3 Å². The van der Waals surface area contributed by atoms with Gasteiger partial charge in [0.25, 0.3) is 11.8 Å². The van der Waals surface area contributed by atoms with Crippen molar-refractivity contribution >= 4 is 11.8 Å². The topological polar surface area (TPSA) is 89.5 Å². The number of hydrogen-bond donors (Lipinski definition) is 2. The number of amides is 2. The van der Waals surface area contributed by atoms with Crippen molar-refractivity contribution < 1.29 is 19.1 Å². The summed E-state index contributed by atoms with van der Waals surface area (Å²) < 4.78 is 10.1. The van der Waals surface area contributed by atoms with Crippen LogP contribution in [0.1, 0.15) is 26.4 Å². The van der Waals surface area contributed by atoms with Gasteiger partial charge in [-0.3, -0.25) is 14.6 Å². The number of benzene rings is 1. The molecule has 0 unspecified atom stereocenters. The smallest absolute Gasteiger partial charge is 0.269 e. The lowest BCUT2D eigenvalue weighted by Gasteiger charge is -2.08. The average Bonchev–Trinajstić information content (AvgIpc) is 2.68. The first-order valence-electron chi connectivity index (χ1n) is 8.28. The zero-order chi connectivity index (χ0) is 18.8. The number of pyridine rings is 1. The van der Waals surface area contributed by atoms with E-state index in [1.165, 1.54) is 12.3 Å². The van der Waals surface area contributed by atoms with Gasteiger partial charge < -0.3 is 20.1 Å².